The molecule has 0 saturated carbocycles. The molecule has 20 heavy (non-hydrogen) atoms. The second-order valence-electron chi connectivity index (χ2n) is 3.80. The molecule has 1 rings (SSSR count). The van der Waals surface area contributed by atoms with E-state index in [0.717, 1.165) is 0 Å². The summed E-state index contributed by atoms with van der Waals surface area (Å²) in [4.78, 5) is 23.7. The van der Waals surface area contributed by atoms with Crippen LogP contribution in [0.4, 0.5) is 0 Å². The molecule has 0 bridgehead atoms. The molecule has 0 unspecified atom stereocenters. The van der Waals surface area contributed by atoms with E-state index in [2.05, 4.69) is 31.9 Å². The standard InChI is InChI=1S/C13H11Br2ClO4/c1-3-20-13(19)11(15)10(14)12(18)7-5-8(16)6(2)4-9(7)17/h4-5,17H,3H2,1-2H3. The molecular weight excluding hydrogens is 415 g/mol. The van der Waals surface area contributed by atoms with E-state index in [4.69, 9.17) is 16.3 Å². The number of ketones is 1. The number of aryl methyl sites for hydroxylation is 1. The zero-order valence-electron chi connectivity index (χ0n) is 10.7. The highest BCUT2D eigenvalue weighted by Gasteiger charge is 2.22. The molecule has 0 atom stereocenters. The second-order valence-corrected chi connectivity index (χ2v) is 5.79. The SMILES string of the molecule is CCOC(=O)C(Br)=C(Br)C(=O)c1cc(Cl)c(C)cc1O. The number of halogens is 3. The van der Waals surface area contributed by atoms with Crippen LogP contribution in [0, 0.1) is 6.92 Å². The Morgan fingerprint density at radius 3 is 2.45 bits per heavy atom. The molecule has 7 heteroatoms. The van der Waals surface area contributed by atoms with E-state index in [9.17, 15) is 14.7 Å². The fraction of sp³-hybridized carbons (Fsp3) is 0.231. The van der Waals surface area contributed by atoms with Crippen molar-refractivity contribution in [2.45, 2.75) is 13.8 Å². The molecule has 0 fully saturated rings. The van der Waals surface area contributed by atoms with Crippen molar-refractivity contribution < 1.29 is 19.4 Å². The monoisotopic (exact) mass is 424 g/mol. The zero-order valence-corrected chi connectivity index (χ0v) is 14.6. The van der Waals surface area contributed by atoms with Gasteiger partial charge in [0.05, 0.1) is 16.7 Å². The normalized spacial score (nSPS) is 11.8. The lowest BCUT2D eigenvalue weighted by molar-refractivity contribution is -0.137. The molecule has 0 saturated heterocycles. The Morgan fingerprint density at radius 1 is 1.30 bits per heavy atom. The summed E-state index contributed by atoms with van der Waals surface area (Å²) >= 11 is 11.9. The molecule has 1 N–H and O–H groups in total. The number of benzene rings is 1. The Kier molecular flexibility index (Phi) is 6.23. The maximum atomic E-state index is 12.2. The molecule has 0 aliphatic rings. The van der Waals surface area contributed by atoms with E-state index in [1.165, 1.54) is 12.1 Å². The van der Waals surface area contributed by atoms with Gasteiger partial charge in [-0.3, -0.25) is 4.79 Å². The van der Waals surface area contributed by atoms with E-state index in [1.54, 1.807) is 13.8 Å². The second kappa shape index (κ2) is 7.24. The summed E-state index contributed by atoms with van der Waals surface area (Å²) in [5.74, 6) is -1.47. The van der Waals surface area contributed by atoms with Crippen LogP contribution >= 0.6 is 43.5 Å². The number of ether oxygens (including phenoxy) is 1. The molecular formula is C13H11Br2ClO4. The minimum Gasteiger partial charge on any atom is -0.507 e. The first kappa shape index (κ1) is 17.2. The molecule has 0 heterocycles. The van der Waals surface area contributed by atoms with Gasteiger partial charge in [-0.1, -0.05) is 11.6 Å². The number of Topliss-reactive ketones (excluding diaryl/α,β-unsaturated/α-hetero) is 1. The molecule has 0 spiro atoms. The fourth-order valence-corrected chi connectivity index (χ4v) is 2.18. The quantitative estimate of drug-likeness (QED) is 0.447. The predicted octanol–water partition coefficient (Wildman–Crippen LogP) is 4.10. The summed E-state index contributed by atoms with van der Waals surface area (Å²) in [5, 5.41) is 10.2. The van der Waals surface area contributed by atoms with Crippen LogP contribution in [-0.2, 0) is 9.53 Å². The van der Waals surface area contributed by atoms with Crippen molar-refractivity contribution in [1.29, 1.82) is 0 Å². The van der Waals surface area contributed by atoms with E-state index in [1.807, 2.05) is 0 Å². The number of phenolic OH excluding ortho intramolecular Hbond substituents is 1. The highest BCUT2D eigenvalue weighted by Crippen LogP contribution is 2.31. The highest BCUT2D eigenvalue weighted by atomic mass is 79.9. The number of aromatic hydroxyl groups is 1. The van der Waals surface area contributed by atoms with Gasteiger partial charge in [0, 0.05) is 5.02 Å². The van der Waals surface area contributed by atoms with Gasteiger partial charge in [-0.25, -0.2) is 4.79 Å². The number of carbonyl (C=O) groups excluding carboxylic acids is 2. The molecule has 1 aromatic rings. The topological polar surface area (TPSA) is 63.6 Å². The van der Waals surface area contributed by atoms with Crippen molar-refractivity contribution >= 4 is 55.2 Å². The summed E-state index contributed by atoms with van der Waals surface area (Å²) in [6.07, 6.45) is 0. The Bertz CT molecular complexity index is 596. The summed E-state index contributed by atoms with van der Waals surface area (Å²) in [5.41, 5.74) is 0.638. The molecule has 0 aliphatic heterocycles. The van der Waals surface area contributed by atoms with E-state index < -0.39 is 11.8 Å². The van der Waals surface area contributed by atoms with Crippen molar-refractivity contribution in [1.82, 2.24) is 0 Å². The van der Waals surface area contributed by atoms with Gasteiger partial charge in [0.1, 0.15) is 10.2 Å². The number of carbonyl (C=O) groups is 2. The lowest BCUT2D eigenvalue weighted by atomic mass is 10.1. The Labute approximate surface area is 138 Å². The molecule has 0 aliphatic carbocycles. The summed E-state index contributed by atoms with van der Waals surface area (Å²) in [7, 11) is 0. The first-order valence-corrected chi connectivity index (χ1v) is 7.52. The third kappa shape index (κ3) is 3.84. The van der Waals surface area contributed by atoms with E-state index >= 15 is 0 Å². The van der Waals surface area contributed by atoms with Gasteiger partial charge in [0.2, 0.25) is 5.78 Å². The Balaban J connectivity index is 3.21. The van der Waals surface area contributed by atoms with Crippen LogP contribution < -0.4 is 0 Å². The minimum absolute atomic E-state index is 0.00581. The van der Waals surface area contributed by atoms with Gasteiger partial charge >= 0.3 is 5.97 Å². The van der Waals surface area contributed by atoms with Gasteiger partial charge < -0.3 is 9.84 Å². The smallest absolute Gasteiger partial charge is 0.346 e. The Hall–Kier alpha value is -0.850. The van der Waals surface area contributed by atoms with Gasteiger partial charge in [0.15, 0.2) is 0 Å². The fourth-order valence-electron chi connectivity index (χ4n) is 1.35. The molecule has 0 amide bonds. The molecule has 4 nitrogen and oxygen atoms in total. The van der Waals surface area contributed by atoms with Crippen LogP contribution in [0.3, 0.4) is 0 Å². The third-order valence-electron chi connectivity index (χ3n) is 2.37. The summed E-state index contributed by atoms with van der Waals surface area (Å²) in [6, 6.07) is 2.73. The molecule has 0 radical (unpaired) electrons. The molecule has 108 valence electrons. The third-order valence-corrected chi connectivity index (χ3v) is 4.78. The average molecular weight is 426 g/mol. The van der Waals surface area contributed by atoms with Gasteiger partial charge in [-0.05, 0) is 63.4 Å². The summed E-state index contributed by atoms with van der Waals surface area (Å²) < 4.78 is 4.66. The first-order chi connectivity index (χ1) is 9.29. The van der Waals surface area contributed by atoms with E-state index in [0.29, 0.717) is 10.6 Å². The Morgan fingerprint density at radius 2 is 1.90 bits per heavy atom. The van der Waals surface area contributed by atoms with Crippen LogP contribution in [0.25, 0.3) is 0 Å². The number of allylic oxidation sites excluding steroid dienone is 1. The van der Waals surface area contributed by atoms with Gasteiger partial charge in [-0.2, -0.15) is 0 Å². The van der Waals surface area contributed by atoms with Crippen molar-refractivity contribution in [3.63, 3.8) is 0 Å². The first-order valence-electron chi connectivity index (χ1n) is 5.55. The average Bonchev–Trinajstić information content (AvgIpc) is 2.40. The summed E-state index contributed by atoms with van der Waals surface area (Å²) in [6.45, 7) is 3.54. The number of phenols is 1. The van der Waals surface area contributed by atoms with Crippen LogP contribution in [0.15, 0.2) is 21.1 Å². The lowest BCUT2D eigenvalue weighted by Crippen LogP contribution is -2.09. The van der Waals surface area contributed by atoms with Crippen molar-refractivity contribution in [2.75, 3.05) is 6.61 Å². The number of hydrogen-bond donors (Lipinski definition) is 1. The number of rotatable bonds is 4. The van der Waals surface area contributed by atoms with Gasteiger partial charge in [0.25, 0.3) is 0 Å². The van der Waals surface area contributed by atoms with Crippen molar-refractivity contribution in [3.8, 4) is 5.75 Å². The zero-order chi connectivity index (χ0) is 15.4. The maximum Gasteiger partial charge on any atom is 0.346 e. The number of esters is 1. The van der Waals surface area contributed by atoms with Gasteiger partial charge in [-0.15, -0.1) is 0 Å². The van der Waals surface area contributed by atoms with Crippen molar-refractivity contribution in [2.24, 2.45) is 0 Å². The number of hydrogen-bond acceptors (Lipinski definition) is 4. The largest absolute Gasteiger partial charge is 0.507 e. The van der Waals surface area contributed by atoms with E-state index in [-0.39, 0.29) is 26.9 Å². The lowest BCUT2D eigenvalue weighted by Gasteiger charge is -2.08. The minimum atomic E-state index is -0.676. The van der Waals surface area contributed by atoms with Crippen molar-refractivity contribution in [3.05, 3.63) is 37.2 Å². The predicted molar refractivity (Wildman–Crippen MR) is 83.7 cm³/mol. The van der Waals surface area contributed by atoms with Crippen LogP contribution in [0.1, 0.15) is 22.8 Å². The van der Waals surface area contributed by atoms with Crippen LogP contribution in [-0.4, -0.2) is 23.5 Å². The maximum absolute atomic E-state index is 12.2. The molecule has 1 aromatic carbocycles. The van der Waals surface area contributed by atoms with Crippen LogP contribution in [0.5, 0.6) is 5.75 Å². The molecule has 0 aromatic heterocycles. The highest BCUT2D eigenvalue weighted by molar-refractivity contribution is 9.14. The van der Waals surface area contributed by atoms with Crippen LogP contribution in [0.2, 0.25) is 5.02 Å².